The van der Waals surface area contributed by atoms with Crippen molar-refractivity contribution in [2.24, 2.45) is 0 Å². The first-order valence-electron chi connectivity index (χ1n) is 11.1. The highest BCUT2D eigenvalue weighted by Crippen LogP contribution is 2.41. The molecule has 0 atom stereocenters. The van der Waals surface area contributed by atoms with Crippen LogP contribution in [0.2, 0.25) is 0 Å². The van der Waals surface area contributed by atoms with E-state index in [-0.39, 0.29) is 24.0 Å². The highest BCUT2D eigenvalue weighted by Gasteiger charge is 2.20. The van der Waals surface area contributed by atoms with Gasteiger partial charge in [0.15, 0.2) is 17.2 Å². The van der Waals surface area contributed by atoms with E-state index in [1.165, 1.54) is 18.2 Å². The number of aromatic hydroxyl groups is 1. The summed E-state index contributed by atoms with van der Waals surface area (Å²) in [5, 5.41) is 21.6. The molecule has 0 radical (unpaired) electrons. The first kappa shape index (κ1) is 24.3. The first-order chi connectivity index (χ1) is 17.4. The minimum atomic E-state index is -0.462. The molecule has 0 unspecified atom stereocenters. The lowest BCUT2D eigenvalue weighted by molar-refractivity contribution is -0.384. The molecule has 1 aromatic heterocycles. The number of aromatic nitrogens is 2. The van der Waals surface area contributed by atoms with Crippen LogP contribution in [-0.2, 0) is 6.61 Å². The Hall–Kier alpha value is -4.86. The fourth-order valence-corrected chi connectivity index (χ4v) is 3.49. The second-order valence-corrected chi connectivity index (χ2v) is 7.72. The summed E-state index contributed by atoms with van der Waals surface area (Å²) in [6, 6.07) is 18.0. The Balaban J connectivity index is 1.60. The summed E-state index contributed by atoms with van der Waals surface area (Å²) in [6.07, 6.45) is 0. The number of benzene rings is 3. The molecule has 0 saturated carbocycles. The van der Waals surface area contributed by atoms with Crippen molar-refractivity contribution in [3.05, 3.63) is 88.1 Å². The van der Waals surface area contributed by atoms with Gasteiger partial charge in [-0.05, 0) is 55.8 Å². The van der Waals surface area contributed by atoms with Gasteiger partial charge in [0.25, 0.3) is 5.69 Å². The maximum Gasteiger partial charge on any atom is 0.269 e. The van der Waals surface area contributed by atoms with Crippen LogP contribution in [0.25, 0.3) is 11.3 Å². The number of aryl methyl sites for hydroxylation is 1. The highest BCUT2D eigenvalue weighted by molar-refractivity contribution is 5.75. The molecule has 3 aromatic carbocycles. The molecule has 0 aliphatic rings. The summed E-state index contributed by atoms with van der Waals surface area (Å²) in [4.78, 5) is 18.9. The zero-order valence-corrected chi connectivity index (χ0v) is 19.7. The smallest absolute Gasteiger partial charge is 0.269 e. The Labute approximate surface area is 207 Å². The molecule has 0 amide bonds. The predicted octanol–water partition coefficient (Wildman–Crippen LogP) is 5.42. The third-order valence-electron chi connectivity index (χ3n) is 5.19. The Morgan fingerprint density at radius 1 is 1.00 bits per heavy atom. The Kier molecular flexibility index (Phi) is 7.15. The molecule has 0 aliphatic carbocycles. The van der Waals surface area contributed by atoms with E-state index in [0.29, 0.717) is 46.6 Å². The van der Waals surface area contributed by atoms with E-state index in [9.17, 15) is 15.2 Å². The molecule has 0 aliphatic heterocycles. The number of hydrogen-bond acceptors (Lipinski definition) is 9. The minimum Gasteiger partial charge on any atom is -0.507 e. The van der Waals surface area contributed by atoms with E-state index in [0.717, 1.165) is 5.56 Å². The molecule has 10 heteroatoms. The number of non-ortho nitro benzene ring substituents is 1. The van der Waals surface area contributed by atoms with Crippen LogP contribution in [0.5, 0.6) is 28.7 Å². The Morgan fingerprint density at radius 3 is 2.39 bits per heavy atom. The lowest BCUT2D eigenvalue weighted by Gasteiger charge is -2.16. The minimum absolute atomic E-state index is 0.00191. The van der Waals surface area contributed by atoms with Crippen molar-refractivity contribution in [3.8, 4) is 40.0 Å². The predicted molar refractivity (Wildman–Crippen MR) is 133 cm³/mol. The third-order valence-corrected chi connectivity index (χ3v) is 5.19. The second kappa shape index (κ2) is 10.6. The third kappa shape index (κ3) is 5.44. The Morgan fingerprint density at radius 2 is 1.72 bits per heavy atom. The second-order valence-electron chi connectivity index (χ2n) is 7.72. The summed E-state index contributed by atoms with van der Waals surface area (Å²) in [6.45, 7) is 4.24. The maximum atomic E-state index is 10.8. The van der Waals surface area contributed by atoms with E-state index in [1.807, 2.05) is 19.1 Å². The number of para-hydroxylation sites is 2. The number of anilines is 1. The average Bonchev–Trinajstić information content (AvgIpc) is 2.86. The van der Waals surface area contributed by atoms with Gasteiger partial charge in [0.05, 0.1) is 17.2 Å². The van der Waals surface area contributed by atoms with E-state index < -0.39 is 4.92 Å². The molecule has 0 spiro atoms. The van der Waals surface area contributed by atoms with Crippen LogP contribution in [-0.4, -0.2) is 26.6 Å². The monoisotopic (exact) mass is 488 g/mol. The lowest BCUT2D eigenvalue weighted by Crippen LogP contribution is -2.04. The van der Waals surface area contributed by atoms with Crippen molar-refractivity contribution < 1.29 is 24.2 Å². The molecule has 0 bridgehead atoms. The largest absolute Gasteiger partial charge is 0.507 e. The Bertz CT molecular complexity index is 1390. The summed E-state index contributed by atoms with van der Waals surface area (Å²) in [5.74, 6) is 1.69. The summed E-state index contributed by atoms with van der Waals surface area (Å²) >= 11 is 0. The van der Waals surface area contributed by atoms with Crippen molar-refractivity contribution >= 4 is 11.6 Å². The van der Waals surface area contributed by atoms with E-state index in [2.05, 4.69) is 9.97 Å². The fourth-order valence-electron chi connectivity index (χ4n) is 3.49. The SMILES string of the molecule is CCOc1ccccc1Oc1c(C)nc(N)nc1-c1ccc(OCc2ccc([N+](=O)[O-])cc2)cc1O. The van der Waals surface area contributed by atoms with Crippen LogP contribution in [0.1, 0.15) is 18.2 Å². The summed E-state index contributed by atoms with van der Waals surface area (Å²) in [7, 11) is 0. The quantitative estimate of drug-likeness (QED) is 0.233. The molecule has 4 rings (SSSR count). The molecule has 4 aromatic rings. The van der Waals surface area contributed by atoms with Crippen molar-refractivity contribution in [1.82, 2.24) is 9.97 Å². The van der Waals surface area contributed by atoms with Gasteiger partial charge in [0.1, 0.15) is 23.8 Å². The van der Waals surface area contributed by atoms with Gasteiger partial charge in [-0.3, -0.25) is 10.1 Å². The number of nitrogens with two attached hydrogens (primary N) is 1. The number of nitro benzene ring substituents is 1. The van der Waals surface area contributed by atoms with Gasteiger partial charge < -0.3 is 25.1 Å². The number of nitrogens with zero attached hydrogens (tertiary/aromatic N) is 3. The van der Waals surface area contributed by atoms with Crippen LogP contribution in [0.3, 0.4) is 0 Å². The van der Waals surface area contributed by atoms with Gasteiger partial charge in [-0.2, -0.15) is 0 Å². The zero-order valence-electron chi connectivity index (χ0n) is 19.7. The molecule has 36 heavy (non-hydrogen) atoms. The number of phenols is 1. The van der Waals surface area contributed by atoms with Gasteiger partial charge in [-0.15, -0.1) is 0 Å². The van der Waals surface area contributed by atoms with Crippen LogP contribution in [0.15, 0.2) is 66.7 Å². The van der Waals surface area contributed by atoms with E-state index >= 15 is 0 Å². The van der Waals surface area contributed by atoms with E-state index in [1.54, 1.807) is 43.3 Å². The normalized spacial score (nSPS) is 10.6. The first-order valence-corrected chi connectivity index (χ1v) is 11.1. The fraction of sp³-hybridized carbons (Fsp3) is 0.154. The summed E-state index contributed by atoms with van der Waals surface area (Å²) < 4.78 is 17.5. The average molecular weight is 489 g/mol. The number of phenolic OH excluding ortho intramolecular Hbond substituents is 1. The highest BCUT2D eigenvalue weighted by atomic mass is 16.6. The molecular weight excluding hydrogens is 464 g/mol. The van der Waals surface area contributed by atoms with Crippen molar-refractivity contribution in [1.29, 1.82) is 0 Å². The van der Waals surface area contributed by atoms with Gasteiger partial charge in [0, 0.05) is 23.8 Å². The molecule has 0 saturated heterocycles. The zero-order chi connectivity index (χ0) is 25.7. The molecule has 184 valence electrons. The van der Waals surface area contributed by atoms with Gasteiger partial charge in [-0.25, -0.2) is 9.97 Å². The number of hydrogen-bond donors (Lipinski definition) is 2. The van der Waals surface area contributed by atoms with Crippen LogP contribution in [0.4, 0.5) is 11.6 Å². The van der Waals surface area contributed by atoms with Crippen LogP contribution >= 0.6 is 0 Å². The number of ether oxygens (including phenoxy) is 3. The molecule has 0 fully saturated rings. The van der Waals surface area contributed by atoms with Crippen molar-refractivity contribution in [3.63, 3.8) is 0 Å². The van der Waals surface area contributed by atoms with Gasteiger partial charge in [0.2, 0.25) is 5.95 Å². The molecule has 3 N–H and O–H groups in total. The van der Waals surface area contributed by atoms with Crippen LogP contribution in [0, 0.1) is 17.0 Å². The number of nitro groups is 1. The topological polar surface area (TPSA) is 143 Å². The van der Waals surface area contributed by atoms with Crippen LogP contribution < -0.4 is 19.9 Å². The molecular formula is C26H24N4O6. The van der Waals surface area contributed by atoms with Gasteiger partial charge in [-0.1, -0.05) is 12.1 Å². The lowest BCUT2D eigenvalue weighted by atomic mass is 10.1. The number of nitrogen functional groups attached to an aromatic ring is 1. The standard InChI is InChI=1S/C26H24N4O6/c1-3-34-22-6-4-5-7-23(22)36-25-16(2)28-26(27)29-24(25)20-13-12-19(14-21(20)31)35-15-17-8-10-18(11-9-17)30(32)33/h4-14,31H,3,15H2,1-2H3,(H2,27,28,29). The molecule has 10 nitrogen and oxygen atoms in total. The molecule has 1 heterocycles. The van der Waals surface area contributed by atoms with Crippen molar-refractivity contribution in [2.75, 3.05) is 12.3 Å². The van der Waals surface area contributed by atoms with E-state index in [4.69, 9.17) is 19.9 Å². The van der Waals surface area contributed by atoms with Crippen molar-refractivity contribution in [2.45, 2.75) is 20.5 Å². The summed E-state index contributed by atoms with van der Waals surface area (Å²) in [5.41, 5.74) is 7.82. The number of rotatable bonds is 9. The maximum absolute atomic E-state index is 10.8. The van der Waals surface area contributed by atoms with Gasteiger partial charge >= 0.3 is 0 Å².